The average molecular weight is 302 g/mol. The highest BCUT2D eigenvalue weighted by Gasteiger charge is 1.99. The molecule has 0 fully saturated rings. The van der Waals surface area contributed by atoms with E-state index in [-0.39, 0.29) is 8.69 Å². The van der Waals surface area contributed by atoms with Crippen molar-refractivity contribution < 1.29 is 18.6 Å². The van der Waals surface area contributed by atoms with Gasteiger partial charge in [-0.2, -0.15) is 0 Å². The Labute approximate surface area is 125 Å². The number of methoxy groups -OCH3 is 2. The van der Waals surface area contributed by atoms with Crippen molar-refractivity contribution in [2.45, 2.75) is 0 Å². The zero-order chi connectivity index (χ0) is 15.1. The minimum atomic E-state index is -0.353. The first-order valence-electron chi connectivity index (χ1n) is 6.26. The van der Waals surface area contributed by atoms with Crippen LogP contribution in [0.1, 0.15) is 11.1 Å². The third kappa shape index (κ3) is 4.33. The molecule has 0 amide bonds. The van der Waals surface area contributed by atoms with Gasteiger partial charge in [0.1, 0.15) is 17.2 Å². The Balaban J connectivity index is 2.18. The molecule has 0 N–H and O–H groups in total. The summed E-state index contributed by atoms with van der Waals surface area (Å²) in [7, 11) is 2.89. The fourth-order valence-corrected chi connectivity index (χ4v) is 2.01. The SMILES string of the molecule is COc1cc(/C=C/c2ccc(OP=O)cc2)cc(OC)c1. The molecule has 0 heterocycles. The Morgan fingerprint density at radius 1 is 0.810 bits per heavy atom. The number of hydrogen-bond acceptors (Lipinski definition) is 4. The number of rotatable bonds is 6. The van der Waals surface area contributed by atoms with Crippen LogP contribution in [0.15, 0.2) is 42.5 Å². The van der Waals surface area contributed by atoms with E-state index >= 15 is 0 Å². The molecule has 108 valence electrons. The summed E-state index contributed by atoms with van der Waals surface area (Å²) in [5, 5.41) is 0. The first-order valence-corrected chi connectivity index (χ1v) is 6.99. The number of benzene rings is 2. The van der Waals surface area contributed by atoms with E-state index in [0.717, 1.165) is 22.6 Å². The van der Waals surface area contributed by atoms with Crippen LogP contribution < -0.4 is 14.0 Å². The van der Waals surface area contributed by atoms with Gasteiger partial charge >= 0.3 is 8.69 Å². The number of hydrogen-bond donors (Lipinski definition) is 0. The van der Waals surface area contributed by atoms with Gasteiger partial charge in [-0.05, 0) is 35.4 Å². The van der Waals surface area contributed by atoms with Crippen LogP contribution in [0.3, 0.4) is 0 Å². The van der Waals surface area contributed by atoms with E-state index in [1.807, 2.05) is 42.5 Å². The Bertz CT molecular complexity index is 613. The van der Waals surface area contributed by atoms with Gasteiger partial charge in [-0.3, -0.25) is 0 Å². The first kappa shape index (κ1) is 15.1. The highest BCUT2D eigenvalue weighted by molar-refractivity contribution is 7.17. The molecular formula is C16H15O4P. The molecule has 0 aromatic heterocycles. The normalized spacial score (nSPS) is 10.8. The number of ether oxygens (including phenoxy) is 2. The summed E-state index contributed by atoms with van der Waals surface area (Å²) in [6.07, 6.45) is 3.93. The molecule has 0 aliphatic rings. The summed E-state index contributed by atoms with van der Waals surface area (Å²) < 4.78 is 25.6. The molecule has 0 saturated heterocycles. The molecule has 0 unspecified atom stereocenters. The maximum atomic E-state index is 10.3. The molecule has 2 aromatic rings. The highest BCUT2D eigenvalue weighted by atomic mass is 31.1. The maximum absolute atomic E-state index is 10.3. The van der Waals surface area contributed by atoms with Gasteiger partial charge in [0.25, 0.3) is 0 Å². The second-order valence-corrected chi connectivity index (χ2v) is 4.55. The van der Waals surface area contributed by atoms with Crippen molar-refractivity contribution in [3.63, 3.8) is 0 Å². The van der Waals surface area contributed by atoms with Crippen LogP contribution in [0.25, 0.3) is 12.2 Å². The zero-order valence-electron chi connectivity index (χ0n) is 11.8. The quantitative estimate of drug-likeness (QED) is 0.584. The molecule has 5 heteroatoms. The van der Waals surface area contributed by atoms with Crippen LogP contribution in [0.2, 0.25) is 0 Å². The van der Waals surface area contributed by atoms with Gasteiger partial charge in [0, 0.05) is 6.07 Å². The van der Waals surface area contributed by atoms with E-state index in [1.54, 1.807) is 26.4 Å². The second-order valence-electron chi connectivity index (χ2n) is 4.21. The summed E-state index contributed by atoms with van der Waals surface area (Å²) in [5.41, 5.74) is 1.98. The van der Waals surface area contributed by atoms with Crippen molar-refractivity contribution in [3.05, 3.63) is 53.6 Å². The van der Waals surface area contributed by atoms with Crippen molar-refractivity contribution in [2.75, 3.05) is 14.2 Å². The Hall–Kier alpha value is -2.32. The van der Waals surface area contributed by atoms with E-state index in [2.05, 4.69) is 0 Å². The van der Waals surface area contributed by atoms with Crippen LogP contribution in [0, 0.1) is 0 Å². The van der Waals surface area contributed by atoms with Crippen molar-refractivity contribution in [2.24, 2.45) is 0 Å². The van der Waals surface area contributed by atoms with Crippen LogP contribution in [0.5, 0.6) is 17.2 Å². The summed E-state index contributed by atoms with van der Waals surface area (Å²) in [4.78, 5) is 0. The molecule has 0 radical (unpaired) electrons. The van der Waals surface area contributed by atoms with Crippen LogP contribution >= 0.6 is 8.69 Å². The standard InChI is InChI=1S/C16H15O4P/c1-18-15-9-13(10-16(11-15)19-2)4-3-12-5-7-14(8-6-12)20-21-17/h3-11H,1-2H3/b4-3+. The minimum absolute atomic E-state index is 0.353. The predicted molar refractivity (Wildman–Crippen MR) is 83.2 cm³/mol. The summed E-state index contributed by atoms with van der Waals surface area (Å²) in [6, 6.07) is 13.0. The van der Waals surface area contributed by atoms with Gasteiger partial charge in [-0.15, -0.1) is 0 Å². The Morgan fingerprint density at radius 2 is 1.38 bits per heavy atom. The molecular weight excluding hydrogens is 287 g/mol. The van der Waals surface area contributed by atoms with Crippen LogP contribution in [-0.2, 0) is 4.57 Å². The first-order chi connectivity index (χ1) is 10.2. The maximum Gasteiger partial charge on any atom is 0.395 e. The van der Waals surface area contributed by atoms with E-state index in [9.17, 15) is 4.57 Å². The van der Waals surface area contributed by atoms with Crippen molar-refractivity contribution in [1.29, 1.82) is 0 Å². The van der Waals surface area contributed by atoms with Gasteiger partial charge in [-0.1, -0.05) is 24.3 Å². The smallest absolute Gasteiger partial charge is 0.395 e. The summed E-state index contributed by atoms with van der Waals surface area (Å²) in [6.45, 7) is 0. The third-order valence-electron chi connectivity index (χ3n) is 2.86. The largest absolute Gasteiger partial charge is 0.497 e. The highest BCUT2D eigenvalue weighted by Crippen LogP contribution is 2.24. The Kier molecular flexibility index (Phi) is 5.35. The van der Waals surface area contributed by atoms with Gasteiger partial charge in [0.2, 0.25) is 0 Å². The molecule has 2 aromatic carbocycles. The molecule has 0 aliphatic carbocycles. The predicted octanol–water partition coefficient (Wildman–Crippen LogP) is 4.46. The molecule has 4 nitrogen and oxygen atoms in total. The van der Waals surface area contributed by atoms with Crippen LogP contribution in [0.4, 0.5) is 0 Å². The topological polar surface area (TPSA) is 44.8 Å². The lowest BCUT2D eigenvalue weighted by Crippen LogP contribution is -1.88. The fraction of sp³-hybridized carbons (Fsp3) is 0.125. The second kappa shape index (κ2) is 7.46. The lowest BCUT2D eigenvalue weighted by molar-refractivity contribution is 0.394. The summed E-state index contributed by atoms with van der Waals surface area (Å²) in [5.74, 6) is 2.05. The van der Waals surface area contributed by atoms with E-state index in [1.165, 1.54) is 0 Å². The molecule has 0 saturated carbocycles. The fourth-order valence-electron chi connectivity index (χ4n) is 1.80. The van der Waals surface area contributed by atoms with Gasteiger partial charge < -0.3 is 14.0 Å². The lowest BCUT2D eigenvalue weighted by atomic mass is 10.1. The molecule has 0 bridgehead atoms. The van der Waals surface area contributed by atoms with E-state index in [0.29, 0.717) is 5.75 Å². The van der Waals surface area contributed by atoms with E-state index in [4.69, 9.17) is 14.0 Å². The lowest BCUT2D eigenvalue weighted by Gasteiger charge is -2.05. The third-order valence-corrected chi connectivity index (χ3v) is 3.15. The molecule has 0 atom stereocenters. The zero-order valence-corrected chi connectivity index (χ0v) is 12.7. The Morgan fingerprint density at radius 3 is 1.90 bits per heavy atom. The van der Waals surface area contributed by atoms with Crippen molar-refractivity contribution >= 4 is 20.8 Å². The molecule has 2 rings (SSSR count). The van der Waals surface area contributed by atoms with Crippen LogP contribution in [-0.4, -0.2) is 14.2 Å². The minimum Gasteiger partial charge on any atom is -0.497 e. The van der Waals surface area contributed by atoms with E-state index < -0.39 is 0 Å². The molecule has 0 spiro atoms. The monoisotopic (exact) mass is 302 g/mol. The molecule has 21 heavy (non-hydrogen) atoms. The average Bonchev–Trinajstić information content (AvgIpc) is 2.54. The van der Waals surface area contributed by atoms with Gasteiger partial charge in [-0.25, -0.2) is 4.57 Å². The van der Waals surface area contributed by atoms with Gasteiger partial charge in [0.05, 0.1) is 14.2 Å². The van der Waals surface area contributed by atoms with Crippen molar-refractivity contribution in [1.82, 2.24) is 0 Å². The van der Waals surface area contributed by atoms with Crippen molar-refractivity contribution in [3.8, 4) is 17.2 Å². The summed E-state index contributed by atoms with van der Waals surface area (Å²) >= 11 is 0. The molecule has 0 aliphatic heterocycles. The van der Waals surface area contributed by atoms with Gasteiger partial charge in [0.15, 0.2) is 0 Å².